The molecule has 0 saturated carbocycles. The normalized spacial score (nSPS) is 14.4. The van der Waals surface area contributed by atoms with Gasteiger partial charge in [-0.05, 0) is 25.4 Å². The molecule has 102 valence electrons. The minimum atomic E-state index is -0.261. The minimum absolute atomic E-state index is 0.225. The smallest absolute Gasteiger partial charge is 0.234 e. The number of rotatable bonds is 7. The van der Waals surface area contributed by atoms with E-state index in [0.717, 1.165) is 19.5 Å². The van der Waals surface area contributed by atoms with E-state index in [4.69, 9.17) is 5.73 Å². The van der Waals surface area contributed by atoms with Crippen molar-refractivity contribution < 1.29 is 4.79 Å². The predicted molar refractivity (Wildman–Crippen MR) is 72.8 cm³/mol. The van der Waals surface area contributed by atoms with Crippen LogP contribution in [0.5, 0.6) is 0 Å². The highest BCUT2D eigenvalue weighted by molar-refractivity contribution is 5.79. The van der Waals surface area contributed by atoms with Crippen molar-refractivity contribution in [2.45, 2.75) is 53.1 Å². The van der Waals surface area contributed by atoms with Crippen molar-refractivity contribution in [3.05, 3.63) is 0 Å². The Hall–Kier alpha value is -0.610. The van der Waals surface area contributed by atoms with E-state index in [1.54, 1.807) is 0 Å². The Labute approximate surface area is 106 Å². The summed E-state index contributed by atoms with van der Waals surface area (Å²) in [5, 5.41) is 3.20. The second-order valence-electron chi connectivity index (χ2n) is 6.36. The molecule has 0 bridgehead atoms. The fourth-order valence-corrected chi connectivity index (χ4v) is 1.95. The number of hydrogen-bond donors (Lipinski definition) is 2. The number of carbonyl (C=O) groups excluding carboxylic acids is 1. The van der Waals surface area contributed by atoms with Gasteiger partial charge in [-0.3, -0.25) is 4.79 Å². The molecule has 0 aliphatic rings. The van der Waals surface area contributed by atoms with Crippen LogP contribution in [0.4, 0.5) is 0 Å². The van der Waals surface area contributed by atoms with Gasteiger partial charge in [-0.15, -0.1) is 0 Å². The number of nitrogens with zero attached hydrogens (tertiary/aromatic N) is 1. The zero-order valence-corrected chi connectivity index (χ0v) is 12.2. The number of nitrogens with one attached hydrogen (secondary N) is 1. The third kappa shape index (κ3) is 9.12. The zero-order chi connectivity index (χ0) is 13.6. The highest BCUT2D eigenvalue weighted by Gasteiger charge is 2.18. The highest BCUT2D eigenvalue weighted by atomic mass is 16.1. The third-order valence-corrected chi connectivity index (χ3v) is 2.42. The van der Waals surface area contributed by atoms with E-state index in [9.17, 15) is 4.79 Å². The van der Waals surface area contributed by atoms with Gasteiger partial charge in [-0.2, -0.15) is 0 Å². The summed E-state index contributed by atoms with van der Waals surface area (Å²) in [4.78, 5) is 13.5. The molecule has 0 aliphatic heterocycles. The molecule has 1 unspecified atom stereocenters. The Bertz CT molecular complexity index is 233. The molecule has 1 amide bonds. The maximum Gasteiger partial charge on any atom is 0.234 e. The summed E-state index contributed by atoms with van der Waals surface area (Å²) in [6.07, 6.45) is 0.764. The van der Waals surface area contributed by atoms with Crippen molar-refractivity contribution >= 4 is 5.91 Å². The van der Waals surface area contributed by atoms with Gasteiger partial charge < -0.3 is 16.0 Å². The molecule has 17 heavy (non-hydrogen) atoms. The molecular weight excluding hydrogens is 214 g/mol. The third-order valence-electron chi connectivity index (χ3n) is 2.42. The summed E-state index contributed by atoms with van der Waals surface area (Å²) in [6, 6.07) is 0.0536. The number of hydrogen-bond acceptors (Lipinski definition) is 3. The van der Waals surface area contributed by atoms with Gasteiger partial charge in [0.2, 0.25) is 5.91 Å². The number of nitrogens with two attached hydrogens (primary N) is 1. The van der Waals surface area contributed by atoms with Crippen molar-refractivity contribution in [2.24, 2.45) is 11.1 Å². The summed E-state index contributed by atoms with van der Waals surface area (Å²) >= 11 is 0. The number of amides is 1. The maximum atomic E-state index is 11.3. The van der Waals surface area contributed by atoms with E-state index < -0.39 is 0 Å². The average Bonchev–Trinajstić information content (AvgIpc) is 2.08. The quantitative estimate of drug-likeness (QED) is 0.706. The van der Waals surface area contributed by atoms with Crippen LogP contribution in [0.15, 0.2) is 0 Å². The van der Waals surface area contributed by atoms with Gasteiger partial charge in [0.1, 0.15) is 0 Å². The molecule has 0 spiro atoms. The monoisotopic (exact) mass is 243 g/mol. The van der Waals surface area contributed by atoms with Gasteiger partial charge in [0.05, 0.1) is 6.04 Å². The first kappa shape index (κ1) is 16.4. The second kappa shape index (κ2) is 6.97. The van der Waals surface area contributed by atoms with E-state index in [0.29, 0.717) is 0 Å². The molecule has 0 aromatic rings. The summed E-state index contributed by atoms with van der Waals surface area (Å²) in [5.74, 6) is -0.261. The Kier molecular flexibility index (Phi) is 6.72. The Morgan fingerprint density at radius 2 is 1.88 bits per heavy atom. The van der Waals surface area contributed by atoms with Gasteiger partial charge in [0.15, 0.2) is 0 Å². The number of primary amides is 1. The van der Waals surface area contributed by atoms with Crippen LogP contribution in [0, 0.1) is 5.41 Å². The van der Waals surface area contributed by atoms with Crippen LogP contribution < -0.4 is 11.1 Å². The lowest BCUT2D eigenvalue weighted by Gasteiger charge is -2.28. The number of carbonyl (C=O) groups is 1. The van der Waals surface area contributed by atoms with E-state index in [2.05, 4.69) is 38.0 Å². The molecule has 0 fully saturated rings. The van der Waals surface area contributed by atoms with Gasteiger partial charge in [-0.25, -0.2) is 0 Å². The first-order valence-electron chi connectivity index (χ1n) is 6.35. The minimum Gasteiger partial charge on any atom is -0.368 e. The van der Waals surface area contributed by atoms with Crippen LogP contribution in [0.1, 0.15) is 41.0 Å². The molecule has 0 aliphatic carbocycles. The van der Waals surface area contributed by atoms with Crippen molar-refractivity contribution in [1.29, 1.82) is 0 Å². The van der Waals surface area contributed by atoms with Crippen LogP contribution in [-0.2, 0) is 4.79 Å². The summed E-state index contributed by atoms with van der Waals surface area (Å²) in [7, 11) is 2.08. The fraction of sp³-hybridized carbons (Fsp3) is 0.923. The topological polar surface area (TPSA) is 58.4 Å². The molecule has 0 radical (unpaired) electrons. The lowest BCUT2D eigenvalue weighted by molar-refractivity contribution is -0.120. The lowest BCUT2D eigenvalue weighted by atomic mass is 9.96. The van der Waals surface area contributed by atoms with Crippen molar-refractivity contribution in [3.63, 3.8) is 0 Å². The van der Waals surface area contributed by atoms with E-state index in [1.165, 1.54) is 0 Å². The van der Waals surface area contributed by atoms with Crippen LogP contribution in [0.2, 0.25) is 0 Å². The SMILES string of the molecule is CC(C)NC(CCN(C)CC(C)(C)C)C(N)=O. The summed E-state index contributed by atoms with van der Waals surface area (Å²) in [6.45, 7) is 12.6. The van der Waals surface area contributed by atoms with Crippen molar-refractivity contribution in [1.82, 2.24) is 10.2 Å². The molecule has 0 aromatic carbocycles. The molecule has 0 aromatic heterocycles. The van der Waals surface area contributed by atoms with Gasteiger partial charge >= 0.3 is 0 Å². The Morgan fingerprint density at radius 3 is 2.24 bits per heavy atom. The Morgan fingerprint density at radius 1 is 1.35 bits per heavy atom. The Balaban J connectivity index is 4.08. The van der Waals surface area contributed by atoms with Crippen LogP contribution in [0.25, 0.3) is 0 Å². The average molecular weight is 243 g/mol. The summed E-state index contributed by atoms with van der Waals surface area (Å²) in [5.41, 5.74) is 5.66. The van der Waals surface area contributed by atoms with Crippen molar-refractivity contribution in [2.75, 3.05) is 20.1 Å². The largest absolute Gasteiger partial charge is 0.368 e. The fourth-order valence-electron chi connectivity index (χ4n) is 1.95. The van der Waals surface area contributed by atoms with E-state index in [1.807, 2.05) is 13.8 Å². The predicted octanol–water partition coefficient (Wildman–Crippen LogP) is 1.21. The van der Waals surface area contributed by atoms with Crippen LogP contribution in [-0.4, -0.2) is 43.0 Å². The summed E-state index contributed by atoms with van der Waals surface area (Å²) < 4.78 is 0. The highest BCUT2D eigenvalue weighted by Crippen LogP contribution is 2.14. The molecule has 0 heterocycles. The van der Waals surface area contributed by atoms with Gasteiger partial charge in [-0.1, -0.05) is 34.6 Å². The first-order valence-corrected chi connectivity index (χ1v) is 6.35. The molecule has 3 N–H and O–H groups in total. The van der Waals surface area contributed by atoms with Crippen LogP contribution in [0.3, 0.4) is 0 Å². The standard InChI is InChI=1S/C13H29N3O/c1-10(2)15-11(12(14)17)7-8-16(6)9-13(3,4)5/h10-11,15H,7-9H2,1-6H3,(H2,14,17). The second-order valence-corrected chi connectivity index (χ2v) is 6.36. The first-order chi connectivity index (χ1) is 7.61. The molecule has 0 rings (SSSR count). The molecular formula is C13H29N3O. The van der Waals surface area contributed by atoms with E-state index in [-0.39, 0.29) is 23.4 Å². The lowest BCUT2D eigenvalue weighted by Crippen LogP contribution is -2.46. The molecule has 0 saturated heterocycles. The van der Waals surface area contributed by atoms with E-state index >= 15 is 0 Å². The molecule has 4 nitrogen and oxygen atoms in total. The zero-order valence-electron chi connectivity index (χ0n) is 12.2. The van der Waals surface area contributed by atoms with Crippen molar-refractivity contribution in [3.8, 4) is 0 Å². The van der Waals surface area contributed by atoms with Crippen LogP contribution >= 0.6 is 0 Å². The van der Waals surface area contributed by atoms with Gasteiger partial charge in [0, 0.05) is 12.6 Å². The molecule has 1 atom stereocenters. The maximum absolute atomic E-state index is 11.3. The molecule has 4 heteroatoms. The van der Waals surface area contributed by atoms with Gasteiger partial charge in [0.25, 0.3) is 0 Å².